The van der Waals surface area contributed by atoms with E-state index in [-0.39, 0.29) is 29.0 Å². The van der Waals surface area contributed by atoms with Gasteiger partial charge in [-0.3, -0.25) is 19.3 Å². The van der Waals surface area contributed by atoms with Gasteiger partial charge in [-0.25, -0.2) is 4.79 Å². The molecule has 1 aliphatic heterocycles. The van der Waals surface area contributed by atoms with E-state index in [1.807, 2.05) is 24.3 Å². The van der Waals surface area contributed by atoms with Crippen molar-refractivity contribution < 1.29 is 28.7 Å². The molecule has 1 aliphatic carbocycles. The smallest absolute Gasteiger partial charge is 0.338 e. The van der Waals surface area contributed by atoms with Crippen LogP contribution in [0.1, 0.15) is 75.7 Å². The Morgan fingerprint density at radius 3 is 2.37 bits per heavy atom. The van der Waals surface area contributed by atoms with Gasteiger partial charge in [-0.2, -0.15) is 0 Å². The summed E-state index contributed by atoms with van der Waals surface area (Å²) in [6.07, 6.45) is 4.34. The van der Waals surface area contributed by atoms with Crippen LogP contribution in [-0.2, 0) is 16.0 Å². The van der Waals surface area contributed by atoms with Crippen LogP contribution in [0.25, 0.3) is 0 Å². The third-order valence-corrected chi connectivity index (χ3v) is 6.62. The van der Waals surface area contributed by atoms with Gasteiger partial charge in [-0.15, -0.1) is 0 Å². The number of carbonyl (C=O) groups is 4. The number of carbonyl (C=O) groups excluding carboxylic acids is 4. The van der Waals surface area contributed by atoms with Crippen LogP contribution in [-0.4, -0.2) is 54.4 Å². The van der Waals surface area contributed by atoms with Gasteiger partial charge < -0.3 is 14.8 Å². The maximum Gasteiger partial charge on any atom is 0.338 e. The molecule has 184 valence electrons. The largest absolute Gasteiger partial charge is 0.497 e. The minimum absolute atomic E-state index is 0.0896. The third-order valence-electron chi connectivity index (χ3n) is 6.62. The van der Waals surface area contributed by atoms with E-state index in [1.54, 1.807) is 7.11 Å². The number of rotatable bonds is 8. The molecule has 1 heterocycles. The zero-order valence-corrected chi connectivity index (χ0v) is 20.0. The minimum Gasteiger partial charge on any atom is -0.497 e. The summed E-state index contributed by atoms with van der Waals surface area (Å²) < 4.78 is 10.4. The van der Waals surface area contributed by atoms with Crippen LogP contribution in [0.2, 0.25) is 0 Å². The van der Waals surface area contributed by atoms with E-state index >= 15 is 0 Å². The molecule has 0 saturated heterocycles. The first-order valence-electron chi connectivity index (χ1n) is 12.0. The Kier molecular flexibility index (Phi) is 7.48. The molecule has 1 fully saturated rings. The van der Waals surface area contributed by atoms with E-state index in [4.69, 9.17) is 9.47 Å². The van der Waals surface area contributed by atoms with Crippen molar-refractivity contribution in [1.82, 2.24) is 10.2 Å². The topological polar surface area (TPSA) is 102 Å². The van der Waals surface area contributed by atoms with Crippen LogP contribution < -0.4 is 10.1 Å². The molecule has 1 atom stereocenters. The van der Waals surface area contributed by atoms with E-state index in [0.29, 0.717) is 18.5 Å². The normalized spacial score (nSPS) is 16.6. The van der Waals surface area contributed by atoms with E-state index in [1.165, 1.54) is 30.0 Å². The van der Waals surface area contributed by atoms with Gasteiger partial charge in [-0.05, 0) is 62.1 Å². The molecule has 1 unspecified atom stereocenters. The van der Waals surface area contributed by atoms with Gasteiger partial charge in [-0.1, -0.05) is 31.4 Å². The van der Waals surface area contributed by atoms with Crippen molar-refractivity contribution in [3.8, 4) is 5.75 Å². The number of hydrogen-bond acceptors (Lipinski definition) is 6. The third kappa shape index (κ3) is 5.37. The number of nitrogens with zero attached hydrogens (tertiary/aromatic N) is 1. The standard InChI is InChI=1S/C27H30N2O6/c1-17(24(30)28-15-14-18-8-11-21(34-2)12-9-18)35-27(33)19-10-13-22-23(16-19)26(32)29(25(22)31)20-6-4-3-5-7-20/h8-13,16-17,20H,3-7,14-15H2,1-2H3,(H,28,30). The fourth-order valence-electron chi connectivity index (χ4n) is 4.61. The second kappa shape index (κ2) is 10.7. The number of fused-ring (bicyclic) bond motifs is 1. The predicted molar refractivity (Wildman–Crippen MR) is 128 cm³/mol. The zero-order chi connectivity index (χ0) is 24.9. The maximum absolute atomic E-state index is 13.0. The highest BCUT2D eigenvalue weighted by molar-refractivity contribution is 6.22. The van der Waals surface area contributed by atoms with Crippen molar-refractivity contribution in [2.24, 2.45) is 0 Å². The molecule has 8 heteroatoms. The van der Waals surface area contributed by atoms with Crippen molar-refractivity contribution in [3.63, 3.8) is 0 Å². The Labute approximate surface area is 204 Å². The van der Waals surface area contributed by atoms with Crippen molar-refractivity contribution >= 4 is 23.7 Å². The van der Waals surface area contributed by atoms with E-state index in [2.05, 4.69) is 5.32 Å². The predicted octanol–water partition coefficient (Wildman–Crippen LogP) is 3.53. The molecule has 1 N–H and O–H groups in total. The van der Waals surface area contributed by atoms with Gasteiger partial charge in [0.15, 0.2) is 6.10 Å². The van der Waals surface area contributed by atoms with Crippen LogP contribution in [0.15, 0.2) is 42.5 Å². The lowest BCUT2D eigenvalue weighted by atomic mass is 9.94. The zero-order valence-electron chi connectivity index (χ0n) is 20.0. The summed E-state index contributed by atoms with van der Waals surface area (Å²) in [5.74, 6) is -1.04. The molecule has 0 radical (unpaired) electrons. The van der Waals surface area contributed by atoms with Crippen molar-refractivity contribution in [2.75, 3.05) is 13.7 Å². The lowest BCUT2D eigenvalue weighted by molar-refractivity contribution is -0.129. The molecule has 2 aromatic rings. The first-order chi connectivity index (χ1) is 16.9. The van der Waals surface area contributed by atoms with Gasteiger partial charge in [0.1, 0.15) is 5.75 Å². The van der Waals surface area contributed by atoms with Crippen molar-refractivity contribution in [3.05, 3.63) is 64.7 Å². The fraction of sp³-hybridized carbons (Fsp3) is 0.407. The Balaban J connectivity index is 1.32. The number of esters is 1. The molecule has 3 amide bonds. The lowest BCUT2D eigenvalue weighted by Crippen LogP contribution is -2.40. The van der Waals surface area contributed by atoms with E-state index in [0.717, 1.165) is 43.4 Å². The molecule has 2 aliphatic rings. The highest BCUT2D eigenvalue weighted by atomic mass is 16.5. The van der Waals surface area contributed by atoms with E-state index < -0.39 is 18.0 Å². The fourth-order valence-corrected chi connectivity index (χ4v) is 4.61. The number of benzene rings is 2. The number of amides is 3. The molecule has 8 nitrogen and oxygen atoms in total. The number of nitrogens with one attached hydrogen (secondary N) is 1. The lowest BCUT2D eigenvalue weighted by Gasteiger charge is -2.29. The first-order valence-corrected chi connectivity index (χ1v) is 12.0. The number of ether oxygens (including phenoxy) is 2. The van der Waals surface area contributed by atoms with Crippen LogP contribution in [0, 0.1) is 0 Å². The maximum atomic E-state index is 13.0. The number of hydrogen-bond donors (Lipinski definition) is 1. The van der Waals surface area contributed by atoms with E-state index in [9.17, 15) is 19.2 Å². The van der Waals surface area contributed by atoms with Crippen molar-refractivity contribution in [2.45, 2.75) is 57.6 Å². The molecule has 0 bridgehead atoms. The quantitative estimate of drug-likeness (QED) is 0.460. The Morgan fingerprint density at radius 1 is 1.00 bits per heavy atom. The second-order valence-electron chi connectivity index (χ2n) is 8.97. The summed E-state index contributed by atoms with van der Waals surface area (Å²) in [7, 11) is 1.60. The van der Waals surface area contributed by atoms with Gasteiger partial charge in [0.25, 0.3) is 17.7 Å². The molecule has 0 aromatic heterocycles. The first kappa shape index (κ1) is 24.4. The summed E-state index contributed by atoms with van der Waals surface area (Å²) in [6, 6.07) is 11.8. The van der Waals surface area contributed by atoms with Gasteiger partial charge in [0.2, 0.25) is 0 Å². The molecule has 4 rings (SSSR count). The number of imide groups is 1. The van der Waals surface area contributed by atoms with Crippen LogP contribution in [0.4, 0.5) is 0 Å². The summed E-state index contributed by atoms with van der Waals surface area (Å²) in [6.45, 7) is 1.88. The highest BCUT2D eigenvalue weighted by Crippen LogP contribution is 2.31. The second-order valence-corrected chi connectivity index (χ2v) is 8.97. The summed E-state index contributed by atoms with van der Waals surface area (Å²) >= 11 is 0. The van der Waals surface area contributed by atoms with Gasteiger partial charge >= 0.3 is 5.97 Å². The Bertz CT molecular complexity index is 1120. The summed E-state index contributed by atoms with van der Waals surface area (Å²) in [4.78, 5) is 52.2. The minimum atomic E-state index is -1.01. The summed E-state index contributed by atoms with van der Waals surface area (Å²) in [5.41, 5.74) is 1.69. The Hall–Kier alpha value is -3.68. The van der Waals surface area contributed by atoms with Gasteiger partial charge in [0.05, 0.1) is 23.8 Å². The number of methoxy groups -OCH3 is 1. The van der Waals surface area contributed by atoms with Crippen molar-refractivity contribution in [1.29, 1.82) is 0 Å². The summed E-state index contributed by atoms with van der Waals surface area (Å²) in [5, 5.41) is 2.76. The van der Waals surface area contributed by atoms with Gasteiger partial charge in [0, 0.05) is 12.6 Å². The van der Waals surface area contributed by atoms with Crippen LogP contribution in [0.3, 0.4) is 0 Å². The molecule has 0 spiro atoms. The molecular formula is C27H30N2O6. The average Bonchev–Trinajstić information content (AvgIpc) is 3.13. The monoisotopic (exact) mass is 478 g/mol. The van der Waals surface area contributed by atoms with Crippen LogP contribution >= 0.6 is 0 Å². The molecular weight excluding hydrogens is 448 g/mol. The Morgan fingerprint density at radius 2 is 1.69 bits per heavy atom. The molecule has 1 saturated carbocycles. The molecule has 35 heavy (non-hydrogen) atoms. The average molecular weight is 479 g/mol. The van der Waals surface area contributed by atoms with Crippen LogP contribution in [0.5, 0.6) is 5.75 Å². The molecule has 2 aromatic carbocycles. The SMILES string of the molecule is COc1ccc(CCNC(=O)C(C)OC(=O)c2ccc3c(c2)C(=O)N(C2CCCCC2)C3=O)cc1. The highest BCUT2D eigenvalue weighted by Gasteiger charge is 2.40.